The van der Waals surface area contributed by atoms with Crippen molar-refractivity contribution in [2.24, 2.45) is 13.0 Å². The molecular weight excluding hydrogens is 212 g/mol. The molecule has 0 aliphatic rings. The fraction of sp³-hybridized carbons (Fsp3) is 0.357. The molecule has 90 valence electrons. The van der Waals surface area contributed by atoms with Gasteiger partial charge in [-0.2, -0.15) is 0 Å². The molecule has 0 atom stereocenters. The number of benzene rings is 1. The summed E-state index contributed by atoms with van der Waals surface area (Å²) >= 11 is 0. The summed E-state index contributed by atoms with van der Waals surface area (Å²) in [4.78, 5) is 12.0. The van der Waals surface area contributed by atoms with Crippen LogP contribution >= 0.6 is 0 Å². The summed E-state index contributed by atoms with van der Waals surface area (Å²) in [7, 11) is 1.76. The van der Waals surface area contributed by atoms with E-state index in [0.717, 1.165) is 23.2 Å². The maximum atomic E-state index is 12.0. The highest BCUT2D eigenvalue weighted by atomic mass is 16.1. The van der Waals surface area contributed by atoms with Gasteiger partial charge in [-0.3, -0.25) is 14.6 Å². The Morgan fingerprint density at radius 1 is 1.24 bits per heavy atom. The van der Waals surface area contributed by atoms with Crippen LogP contribution in [-0.4, -0.2) is 9.78 Å². The van der Waals surface area contributed by atoms with Crippen molar-refractivity contribution < 1.29 is 0 Å². The fourth-order valence-corrected chi connectivity index (χ4v) is 2.04. The monoisotopic (exact) mass is 230 g/mol. The Balaban J connectivity index is 2.54. The van der Waals surface area contributed by atoms with Gasteiger partial charge in [0.05, 0.1) is 5.69 Å². The van der Waals surface area contributed by atoms with E-state index in [-0.39, 0.29) is 5.56 Å². The first-order valence-electron chi connectivity index (χ1n) is 5.93. The Morgan fingerprint density at radius 3 is 2.47 bits per heavy atom. The van der Waals surface area contributed by atoms with Crippen molar-refractivity contribution in [1.82, 2.24) is 9.78 Å². The maximum absolute atomic E-state index is 12.0. The van der Waals surface area contributed by atoms with Gasteiger partial charge in [-0.15, -0.1) is 0 Å². The molecule has 1 N–H and O–H groups in total. The molecule has 3 nitrogen and oxygen atoms in total. The molecule has 0 bridgehead atoms. The first-order chi connectivity index (χ1) is 8.09. The number of H-pyrrole nitrogens is 1. The Kier molecular flexibility index (Phi) is 3.18. The van der Waals surface area contributed by atoms with Crippen LogP contribution in [0.2, 0.25) is 0 Å². The van der Waals surface area contributed by atoms with Crippen molar-refractivity contribution in [3.63, 3.8) is 0 Å². The van der Waals surface area contributed by atoms with E-state index >= 15 is 0 Å². The van der Waals surface area contributed by atoms with Gasteiger partial charge in [0.2, 0.25) is 0 Å². The second-order valence-corrected chi connectivity index (χ2v) is 4.79. The van der Waals surface area contributed by atoms with E-state index in [1.165, 1.54) is 0 Å². The van der Waals surface area contributed by atoms with Crippen LogP contribution in [0.4, 0.5) is 0 Å². The molecule has 1 heterocycles. The number of hydrogen-bond donors (Lipinski definition) is 1. The molecule has 0 saturated carbocycles. The van der Waals surface area contributed by atoms with Crippen LogP contribution in [0.15, 0.2) is 35.1 Å². The highest BCUT2D eigenvalue weighted by molar-refractivity contribution is 5.62. The average Bonchev–Trinajstić information content (AvgIpc) is 2.58. The van der Waals surface area contributed by atoms with E-state index in [0.29, 0.717) is 5.92 Å². The molecule has 0 aliphatic carbocycles. The number of nitrogens with one attached hydrogen (secondary N) is 1. The lowest BCUT2D eigenvalue weighted by Gasteiger charge is -2.04. The number of aryl methyl sites for hydroxylation is 1. The minimum Gasteiger partial charge on any atom is -0.295 e. The third kappa shape index (κ3) is 2.33. The van der Waals surface area contributed by atoms with Gasteiger partial charge in [-0.25, -0.2) is 0 Å². The minimum absolute atomic E-state index is 0.0811. The van der Waals surface area contributed by atoms with Gasteiger partial charge >= 0.3 is 0 Å². The van der Waals surface area contributed by atoms with E-state index in [1.54, 1.807) is 11.7 Å². The lowest BCUT2D eigenvalue weighted by atomic mass is 10.00. The second kappa shape index (κ2) is 4.62. The maximum Gasteiger partial charge on any atom is 0.270 e. The fourth-order valence-electron chi connectivity index (χ4n) is 2.04. The molecule has 0 amide bonds. The van der Waals surface area contributed by atoms with Crippen molar-refractivity contribution >= 4 is 0 Å². The molecule has 0 fully saturated rings. The quantitative estimate of drug-likeness (QED) is 0.864. The van der Waals surface area contributed by atoms with E-state index in [9.17, 15) is 4.79 Å². The molecule has 0 unspecified atom stereocenters. The standard InChI is InChI=1S/C14H18N2O/c1-10(2)9-12-13(15-16(3)14(12)17)11-7-5-4-6-8-11/h4-8,10,15H,9H2,1-3H3. The van der Waals surface area contributed by atoms with Crippen LogP contribution in [-0.2, 0) is 13.5 Å². The lowest BCUT2D eigenvalue weighted by molar-refractivity contribution is 0.642. The van der Waals surface area contributed by atoms with Gasteiger partial charge in [-0.1, -0.05) is 44.2 Å². The molecule has 0 saturated heterocycles. The third-order valence-corrected chi connectivity index (χ3v) is 2.82. The molecule has 2 rings (SSSR count). The number of aromatic amines is 1. The van der Waals surface area contributed by atoms with E-state index in [2.05, 4.69) is 18.9 Å². The van der Waals surface area contributed by atoms with E-state index < -0.39 is 0 Å². The Hall–Kier alpha value is -1.77. The van der Waals surface area contributed by atoms with Crippen molar-refractivity contribution in [3.8, 4) is 11.3 Å². The first kappa shape index (κ1) is 11.7. The SMILES string of the molecule is CC(C)Cc1c(-c2ccccc2)[nH]n(C)c1=O. The smallest absolute Gasteiger partial charge is 0.270 e. The molecule has 3 heteroatoms. The summed E-state index contributed by atoms with van der Waals surface area (Å²) in [6.07, 6.45) is 0.806. The molecule has 1 aromatic carbocycles. The molecule has 0 radical (unpaired) electrons. The van der Waals surface area contributed by atoms with Crippen LogP contribution < -0.4 is 5.56 Å². The molecule has 17 heavy (non-hydrogen) atoms. The average molecular weight is 230 g/mol. The molecule has 2 aromatic rings. The summed E-state index contributed by atoms with van der Waals surface area (Å²) in [6.45, 7) is 4.25. The highest BCUT2D eigenvalue weighted by Gasteiger charge is 2.14. The Labute approximate surface area is 101 Å². The molecule has 0 spiro atoms. The van der Waals surface area contributed by atoms with Crippen molar-refractivity contribution in [2.75, 3.05) is 0 Å². The van der Waals surface area contributed by atoms with Gasteiger partial charge < -0.3 is 0 Å². The summed E-state index contributed by atoms with van der Waals surface area (Å²) in [5.41, 5.74) is 2.99. The van der Waals surface area contributed by atoms with Crippen molar-refractivity contribution in [1.29, 1.82) is 0 Å². The van der Waals surface area contributed by atoms with Crippen LogP contribution in [0.1, 0.15) is 19.4 Å². The predicted octanol–water partition coefficient (Wildman–Crippen LogP) is 2.58. The third-order valence-electron chi connectivity index (χ3n) is 2.82. The van der Waals surface area contributed by atoms with Gasteiger partial charge in [0.25, 0.3) is 5.56 Å². The summed E-state index contributed by atoms with van der Waals surface area (Å²) < 4.78 is 1.56. The number of rotatable bonds is 3. The van der Waals surface area contributed by atoms with Gasteiger partial charge in [0.15, 0.2) is 0 Å². The van der Waals surface area contributed by atoms with Gasteiger partial charge in [0, 0.05) is 12.6 Å². The van der Waals surface area contributed by atoms with Crippen LogP contribution in [0, 0.1) is 5.92 Å². The number of aromatic nitrogens is 2. The summed E-state index contributed by atoms with van der Waals surface area (Å²) in [6, 6.07) is 10.00. The van der Waals surface area contributed by atoms with Crippen LogP contribution in [0.25, 0.3) is 11.3 Å². The highest BCUT2D eigenvalue weighted by Crippen LogP contribution is 2.20. The summed E-state index contributed by atoms with van der Waals surface area (Å²) in [5, 5.41) is 3.14. The largest absolute Gasteiger partial charge is 0.295 e. The normalized spacial score (nSPS) is 11.1. The van der Waals surface area contributed by atoms with Crippen LogP contribution in [0.5, 0.6) is 0 Å². The molecule has 1 aromatic heterocycles. The number of hydrogen-bond acceptors (Lipinski definition) is 1. The molecule has 0 aliphatic heterocycles. The van der Waals surface area contributed by atoms with Gasteiger partial charge in [0.1, 0.15) is 0 Å². The summed E-state index contributed by atoms with van der Waals surface area (Å²) in [5.74, 6) is 0.473. The van der Waals surface area contributed by atoms with E-state index in [1.807, 2.05) is 30.3 Å². The number of nitrogens with zero attached hydrogens (tertiary/aromatic N) is 1. The van der Waals surface area contributed by atoms with Gasteiger partial charge in [-0.05, 0) is 17.9 Å². The first-order valence-corrected chi connectivity index (χ1v) is 5.93. The Morgan fingerprint density at radius 2 is 1.88 bits per heavy atom. The molecular formula is C14H18N2O. The predicted molar refractivity (Wildman–Crippen MR) is 70.0 cm³/mol. The topological polar surface area (TPSA) is 37.8 Å². The van der Waals surface area contributed by atoms with Crippen LogP contribution in [0.3, 0.4) is 0 Å². The zero-order valence-electron chi connectivity index (χ0n) is 10.5. The van der Waals surface area contributed by atoms with Crippen molar-refractivity contribution in [2.45, 2.75) is 20.3 Å². The van der Waals surface area contributed by atoms with Crippen molar-refractivity contribution in [3.05, 3.63) is 46.2 Å². The second-order valence-electron chi connectivity index (χ2n) is 4.79. The zero-order chi connectivity index (χ0) is 12.4. The zero-order valence-corrected chi connectivity index (χ0v) is 10.5. The minimum atomic E-state index is 0.0811. The van der Waals surface area contributed by atoms with E-state index in [4.69, 9.17) is 0 Å². The Bertz CT molecular complexity index is 549. The lowest BCUT2D eigenvalue weighted by Crippen LogP contribution is -2.16.